The molecule has 1 atom stereocenters. The van der Waals surface area contributed by atoms with Crippen molar-refractivity contribution in [3.63, 3.8) is 0 Å². The number of nitrogens with zero attached hydrogens (tertiary/aromatic N) is 3. The lowest BCUT2D eigenvalue weighted by Crippen LogP contribution is -2.63. The van der Waals surface area contributed by atoms with Crippen molar-refractivity contribution in [1.82, 2.24) is 20.4 Å². The van der Waals surface area contributed by atoms with E-state index in [1.165, 1.54) is 32.7 Å². The van der Waals surface area contributed by atoms with E-state index in [4.69, 9.17) is 4.74 Å². The second-order valence-corrected chi connectivity index (χ2v) is 6.03. The Hall–Kier alpha value is -1.06. The van der Waals surface area contributed by atoms with Crippen LogP contribution in [0.25, 0.3) is 0 Å². The molecule has 4 rings (SSSR count). The molecule has 7 heteroatoms. The monoisotopic (exact) mass is 445 g/mol. The van der Waals surface area contributed by atoms with Gasteiger partial charge in [-0.15, -0.1) is 24.0 Å². The molecular weight excluding hydrogens is 417 g/mol. The Labute approximate surface area is 161 Å². The van der Waals surface area contributed by atoms with Gasteiger partial charge in [0.1, 0.15) is 12.4 Å². The van der Waals surface area contributed by atoms with Crippen molar-refractivity contribution in [2.24, 2.45) is 4.99 Å². The topological polar surface area (TPSA) is 52.1 Å². The number of fused-ring (bicyclic) bond motifs is 3. The molecule has 1 unspecified atom stereocenters. The average molecular weight is 445 g/mol. The summed E-state index contributed by atoms with van der Waals surface area (Å²) in [5.74, 6) is 1.75. The van der Waals surface area contributed by atoms with Crippen molar-refractivity contribution in [2.75, 3.05) is 59.5 Å². The number of hydrogen-bond acceptors (Lipinski definition) is 4. The van der Waals surface area contributed by atoms with E-state index in [9.17, 15) is 0 Å². The number of ether oxygens (including phenoxy) is 1. The standard InChI is InChI=1S/C17H27N5O.HI/c1-18-17(19-7-12-23-16-5-3-2-4-6-16)20-13-15-14-21-8-10-22(15)11-9-21;/h2-6,15H,7-14H2,1H3,(H2,18,19,20);1H. The van der Waals surface area contributed by atoms with E-state index >= 15 is 0 Å². The summed E-state index contributed by atoms with van der Waals surface area (Å²) < 4.78 is 5.68. The van der Waals surface area contributed by atoms with Crippen LogP contribution in [0.2, 0.25) is 0 Å². The molecule has 0 aliphatic carbocycles. The molecule has 3 fully saturated rings. The van der Waals surface area contributed by atoms with Crippen molar-refractivity contribution in [3.8, 4) is 5.75 Å². The zero-order valence-electron chi connectivity index (χ0n) is 14.3. The molecule has 3 aliphatic rings. The quantitative estimate of drug-likeness (QED) is 0.295. The Bertz CT molecular complexity index is 505. The lowest BCUT2D eigenvalue weighted by atomic mass is 10.1. The predicted octanol–water partition coefficient (Wildman–Crippen LogP) is 0.848. The molecule has 0 spiro atoms. The van der Waals surface area contributed by atoms with Crippen LogP contribution in [-0.4, -0.2) is 81.3 Å². The van der Waals surface area contributed by atoms with Crippen molar-refractivity contribution >= 4 is 29.9 Å². The maximum Gasteiger partial charge on any atom is 0.191 e. The number of piperazine rings is 3. The molecule has 0 amide bonds. The lowest BCUT2D eigenvalue weighted by Gasteiger charge is -2.47. The molecule has 134 valence electrons. The summed E-state index contributed by atoms with van der Waals surface area (Å²) in [5.41, 5.74) is 0. The van der Waals surface area contributed by atoms with Crippen molar-refractivity contribution in [2.45, 2.75) is 6.04 Å². The summed E-state index contributed by atoms with van der Waals surface area (Å²) >= 11 is 0. The van der Waals surface area contributed by atoms with Crippen LogP contribution in [0.5, 0.6) is 5.75 Å². The third-order valence-corrected chi connectivity index (χ3v) is 4.53. The van der Waals surface area contributed by atoms with Gasteiger partial charge in [0.05, 0.1) is 6.54 Å². The highest BCUT2D eigenvalue weighted by molar-refractivity contribution is 14.0. The van der Waals surface area contributed by atoms with E-state index in [2.05, 4.69) is 25.4 Å². The number of aliphatic imine (C=N–C) groups is 1. The van der Waals surface area contributed by atoms with E-state index in [0.717, 1.165) is 24.8 Å². The van der Waals surface area contributed by atoms with Gasteiger partial charge < -0.3 is 15.4 Å². The summed E-state index contributed by atoms with van der Waals surface area (Å²) in [6.45, 7) is 8.30. The van der Waals surface area contributed by atoms with Gasteiger partial charge in [-0.05, 0) is 12.1 Å². The van der Waals surface area contributed by atoms with Crippen LogP contribution in [0, 0.1) is 0 Å². The molecule has 2 bridgehead atoms. The number of benzene rings is 1. The molecule has 0 radical (unpaired) electrons. The largest absolute Gasteiger partial charge is 0.492 e. The van der Waals surface area contributed by atoms with Crippen molar-refractivity contribution in [3.05, 3.63) is 30.3 Å². The Morgan fingerprint density at radius 2 is 1.92 bits per heavy atom. The number of nitrogens with one attached hydrogen (secondary N) is 2. The van der Waals surface area contributed by atoms with Gasteiger partial charge in [0, 0.05) is 52.4 Å². The number of hydrogen-bond donors (Lipinski definition) is 2. The van der Waals surface area contributed by atoms with Gasteiger partial charge in [-0.1, -0.05) is 18.2 Å². The maximum atomic E-state index is 5.68. The van der Waals surface area contributed by atoms with Crippen LogP contribution in [0.4, 0.5) is 0 Å². The van der Waals surface area contributed by atoms with E-state index < -0.39 is 0 Å². The minimum absolute atomic E-state index is 0. The van der Waals surface area contributed by atoms with Crippen LogP contribution in [0.1, 0.15) is 0 Å². The van der Waals surface area contributed by atoms with Crippen molar-refractivity contribution in [1.29, 1.82) is 0 Å². The van der Waals surface area contributed by atoms with E-state index in [1.807, 2.05) is 37.4 Å². The third-order valence-electron chi connectivity index (χ3n) is 4.53. The maximum absolute atomic E-state index is 5.68. The Kier molecular flexibility index (Phi) is 8.07. The molecule has 24 heavy (non-hydrogen) atoms. The molecule has 1 aromatic carbocycles. The van der Waals surface area contributed by atoms with Crippen LogP contribution >= 0.6 is 24.0 Å². The predicted molar refractivity (Wildman–Crippen MR) is 109 cm³/mol. The third kappa shape index (κ3) is 5.49. The molecule has 1 aromatic rings. The number of rotatable bonds is 6. The average Bonchev–Trinajstić information content (AvgIpc) is 2.63. The van der Waals surface area contributed by atoms with E-state index in [0.29, 0.717) is 12.6 Å². The Morgan fingerprint density at radius 1 is 1.17 bits per heavy atom. The molecular formula is C17H28IN5O. The summed E-state index contributed by atoms with van der Waals surface area (Å²) in [4.78, 5) is 9.42. The summed E-state index contributed by atoms with van der Waals surface area (Å²) in [6.07, 6.45) is 0. The fraction of sp³-hybridized carbons (Fsp3) is 0.588. The van der Waals surface area contributed by atoms with Gasteiger partial charge in [-0.25, -0.2) is 0 Å². The lowest BCUT2D eigenvalue weighted by molar-refractivity contribution is 0.0154. The SMILES string of the molecule is CN=C(NCCOc1ccccc1)NCC1CN2CCN1CC2.I. The molecule has 3 saturated heterocycles. The van der Waals surface area contributed by atoms with Crippen LogP contribution in [0.3, 0.4) is 0 Å². The number of halogens is 1. The highest BCUT2D eigenvalue weighted by atomic mass is 127. The second-order valence-electron chi connectivity index (χ2n) is 6.03. The van der Waals surface area contributed by atoms with Crippen molar-refractivity contribution < 1.29 is 4.74 Å². The van der Waals surface area contributed by atoms with Crippen LogP contribution < -0.4 is 15.4 Å². The number of para-hydroxylation sites is 1. The Morgan fingerprint density at radius 3 is 2.54 bits per heavy atom. The summed E-state index contributed by atoms with van der Waals surface area (Å²) in [5, 5.41) is 6.74. The zero-order chi connectivity index (χ0) is 15.9. The Balaban J connectivity index is 0.00000208. The number of guanidine groups is 1. The summed E-state index contributed by atoms with van der Waals surface area (Å²) in [6, 6.07) is 10.5. The van der Waals surface area contributed by atoms with Crippen LogP contribution in [0.15, 0.2) is 35.3 Å². The first-order valence-corrected chi connectivity index (χ1v) is 8.44. The first-order valence-electron chi connectivity index (χ1n) is 8.44. The molecule has 0 saturated carbocycles. The van der Waals surface area contributed by atoms with Gasteiger partial charge in [0.2, 0.25) is 0 Å². The van der Waals surface area contributed by atoms with Gasteiger partial charge in [-0.2, -0.15) is 0 Å². The highest BCUT2D eigenvalue weighted by Gasteiger charge is 2.31. The minimum Gasteiger partial charge on any atom is -0.492 e. The fourth-order valence-electron chi connectivity index (χ4n) is 3.21. The van der Waals surface area contributed by atoms with Gasteiger partial charge in [0.15, 0.2) is 5.96 Å². The van der Waals surface area contributed by atoms with Crippen LogP contribution in [-0.2, 0) is 0 Å². The molecule has 0 aromatic heterocycles. The van der Waals surface area contributed by atoms with E-state index in [-0.39, 0.29) is 24.0 Å². The highest BCUT2D eigenvalue weighted by Crippen LogP contribution is 2.14. The van der Waals surface area contributed by atoms with Gasteiger partial charge in [0.25, 0.3) is 0 Å². The smallest absolute Gasteiger partial charge is 0.191 e. The summed E-state index contributed by atoms with van der Waals surface area (Å²) in [7, 11) is 1.81. The van der Waals surface area contributed by atoms with Gasteiger partial charge in [-0.3, -0.25) is 14.8 Å². The first-order chi connectivity index (χ1) is 11.3. The normalized spacial score (nSPS) is 25.7. The molecule has 2 N–H and O–H groups in total. The molecule has 3 aliphatic heterocycles. The first kappa shape index (κ1) is 19.3. The molecule has 3 heterocycles. The zero-order valence-corrected chi connectivity index (χ0v) is 16.6. The second kappa shape index (κ2) is 10.0. The minimum atomic E-state index is 0. The van der Waals surface area contributed by atoms with Gasteiger partial charge >= 0.3 is 0 Å². The molecule has 6 nitrogen and oxygen atoms in total. The fourth-order valence-corrected chi connectivity index (χ4v) is 3.21. The van der Waals surface area contributed by atoms with E-state index in [1.54, 1.807) is 0 Å².